The maximum Gasteiger partial charge on any atom is 0.262 e. The normalized spacial score (nSPS) is 12.3. The Bertz CT molecular complexity index is 999. The Kier molecular flexibility index (Phi) is 5.52. The predicted octanol–water partition coefficient (Wildman–Crippen LogP) is 4.48. The number of Topliss-reactive ketones (excluding diaryl/α,β-unsaturated/α-hetero) is 1. The summed E-state index contributed by atoms with van der Waals surface area (Å²) in [5, 5.41) is 1.10. The molecule has 0 amide bonds. The number of rotatable bonds is 6. The van der Waals surface area contributed by atoms with Crippen molar-refractivity contribution in [1.82, 2.24) is 9.55 Å². The summed E-state index contributed by atoms with van der Waals surface area (Å²) < 4.78 is 14.7. The molecule has 6 heteroatoms. The molecule has 0 aliphatic rings. The fourth-order valence-corrected chi connectivity index (χ4v) is 3.64. The van der Waals surface area contributed by atoms with Crippen LogP contribution < -0.4 is 5.56 Å². The first kappa shape index (κ1) is 18.3. The molecule has 0 saturated heterocycles. The fourth-order valence-electron chi connectivity index (χ4n) is 2.65. The zero-order chi connectivity index (χ0) is 18.7. The number of aromatic nitrogens is 2. The highest BCUT2D eigenvalue weighted by Gasteiger charge is 2.17. The Morgan fingerprint density at radius 2 is 1.88 bits per heavy atom. The van der Waals surface area contributed by atoms with Crippen LogP contribution in [0.3, 0.4) is 0 Å². The van der Waals surface area contributed by atoms with Crippen LogP contribution in [0.2, 0.25) is 0 Å². The third kappa shape index (κ3) is 3.70. The summed E-state index contributed by atoms with van der Waals surface area (Å²) in [7, 11) is 0. The zero-order valence-electron chi connectivity index (χ0n) is 14.6. The first-order chi connectivity index (χ1) is 12.5. The van der Waals surface area contributed by atoms with Crippen LogP contribution in [0.25, 0.3) is 10.9 Å². The van der Waals surface area contributed by atoms with Crippen LogP contribution in [0.4, 0.5) is 4.39 Å². The summed E-state index contributed by atoms with van der Waals surface area (Å²) in [6.07, 6.45) is 0.777. The second kappa shape index (κ2) is 7.83. The molecule has 4 nitrogen and oxygen atoms in total. The van der Waals surface area contributed by atoms with Crippen molar-refractivity contribution >= 4 is 28.4 Å². The van der Waals surface area contributed by atoms with E-state index in [2.05, 4.69) is 4.98 Å². The van der Waals surface area contributed by atoms with E-state index in [0.29, 0.717) is 21.6 Å². The molecular weight excluding hydrogens is 351 g/mol. The molecule has 0 aliphatic heterocycles. The number of thioether (sulfide) groups is 1. The summed E-state index contributed by atoms with van der Waals surface area (Å²) in [6.45, 7) is 3.97. The first-order valence-electron chi connectivity index (χ1n) is 8.44. The fraction of sp³-hybridized carbons (Fsp3) is 0.250. The summed E-state index contributed by atoms with van der Waals surface area (Å²) in [5.41, 5.74) is 0.965. The van der Waals surface area contributed by atoms with Gasteiger partial charge in [-0.15, -0.1) is 0 Å². The summed E-state index contributed by atoms with van der Waals surface area (Å²) >= 11 is 1.24. The average molecular weight is 370 g/mol. The number of nitrogens with zero attached hydrogens (tertiary/aromatic N) is 2. The monoisotopic (exact) mass is 370 g/mol. The van der Waals surface area contributed by atoms with Crippen LogP contribution in [0.1, 0.15) is 36.7 Å². The molecule has 3 rings (SSSR count). The maximum absolute atomic E-state index is 13.0. The van der Waals surface area contributed by atoms with Crippen LogP contribution in [0.5, 0.6) is 0 Å². The van der Waals surface area contributed by atoms with Gasteiger partial charge in [-0.05, 0) is 49.7 Å². The molecule has 1 heterocycles. The Morgan fingerprint density at radius 3 is 2.58 bits per heavy atom. The van der Waals surface area contributed by atoms with Crippen LogP contribution in [-0.2, 0) is 0 Å². The van der Waals surface area contributed by atoms with Crippen molar-refractivity contribution in [2.24, 2.45) is 0 Å². The number of hydrogen-bond acceptors (Lipinski definition) is 4. The van der Waals surface area contributed by atoms with Gasteiger partial charge in [0.2, 0.25) is 0 Å². The highest BCUT2D eigenvalue weighted by atomic mass is 32.2. The van der Waals surface area contributed by atoms with Crippen molar-refractivity contribution in [3.05, 3.63) is 70.3 Å². The molecule has 134 valence electrons. The van der Waals surface area contributed by atoms with Gasteiger partial charge in [-0.2, -0.15) is 0 Å². The van der Waals surface area contributed by atoms with Crippen molar-refractivity contribution in [1.29, 1.82) is 0 Å². The molecule has 2 aromatic carbocycles. The molecule has 0 N–H and O–H groups in total. The van der Waals surface area contributed by atoms with Gasteiger partial charge in [0.05, 0.1) is 16.7 Å². The summed E-state index contributed by atoms with van der Waals surface area (Å²) in [4.78, 5) is 29.9. The second-order valence-corrected chi connectivity index (χ2v) is 7.01. The van der Waals surface area contributed by atoms with Crippen LogP contribution in [0.15, 0.2) is 58.5 Å². The standard InChI is InChI=1S/C20H19FN2O2S/c1-3-13(2)23-19(25)16-6-4-5-7-17(16)22-20(23)26-12-18(24)14-8-10-15(21)11-9-14/h4-11,13H,3,12H2,1-2H3/t13-/m0/s1. The number of fused-ring (bicyclic) bond motifs is 1. The number of para-hydroxylation sites is 1. The predicted molar refractivity (Wildman–Crippen MR) is 102 cm³/mol. The quantitative estimate of drug-likeness (QED) is 0.365. The second-order valence-electron chi connectivity index (χ2n) is 6.06. The lowest BCUT2D eigenvalue weighted by Crippen LogP contribution is -2.26. The van der Waals surface area contributed by atoms with Crippen molar-refractivity contribution in [3.8, 4) is 0 Å². The van der Waals surface area contributed by atoms with Crippen LogP contribution >= 0.6 is 11.8 Å². The van der Waals surface area contributed by atoms with E-state index in [1.54, 1.807) is 16.7 Å². The number of halogens is 1. The van der Waals surface area contributed by atoms with Crippen molar-refractivity contribution in [2.75, 3.05) is 5.75 Å². The molecule has 0 fully saturated rings. The summed E-state index contributed by atoms with van der Waals surface area (Å²) in [5.74, 6) is -0.378. The topological polar surface area (TPSA) is 52.0 Å². The van der Waals surface area contributed by atoms with E-state index in [9.17, 15) is 14.0 Å². The number of carbonyl (C=O) groups is 1. The Balaban J connectivity index is 1.94. The summed E-state index contributed by atoms with van der Waals surface area (Å²) in [6, 6.07) is 12.6. The molecule has 0 spiro atoms. The molecule has 0 bridgehead atoms. The van der Waals surface area contributed by atoms with E-state index in [1.807, 2.05) is 26.0 Å². The Morgan fingerprint density at radius 1 is 1.19 bits per heavy atom. The third-order valence-corrected chi connectivity index (χ3v) is 5.26. The van der Waals surface area contributed by atoms with Gasteiger partial charge in [0.25, 0.3) is 5.56 Å². The van der Waals surface area contributed by atoms with Gasteiger partial charge in [-0.3, -0.25) is 14.2 Å². The van der Waals surface area contributed by atoms with E-state index >= 15 is 0 Å². The molecule has 1 aromatic heterocycles. The lowest BCUT2D eigenvalue weighted by atomic mass is 10.1. The van der Waals surface area contributed by atoms with Crippen LogP contribution in [0, 0.1) is 5.82 Å². The van der Waals surface area contributed by atoms with Gasteiger partial charge >= 0.3 is 0 Å². The molecule has 1 atom stereocenters. The van der Waals surface area contributed by atoms with Crippen LogP contribution in [-0.4, -0.2) is 21.1 Å². The largest absolute Gasteiger partial charge is 0.293 e. The third-order valence-electron chi connectivity index (χ3n) is 4.31. The van der Waals surface area contributed by atoms with Gasteiger partial charge in [0.15, 0.2) is 10.9 Å². The first-order valence-corrected chi connectivity index (χ1v) is 9.42. The van der Waals surface area contributed by atoms with E-state index in [1.165, 1.54) is 36.0 Å². The van der Waals surface area contributed by atoms with Crippen molar-refractivity contribution in [3.63, 3.8) is 0 Å². The van der Waals surface area contributed by atoms with Gasteiger partial charge in [-0.1, -0.05) is 30.8 Å². The molecular formula is C20H19FN2O2S. The number of carbonyl (C=O) groups excluding carboxylic acids is 1. The van der Waals surface area contributed by atoms with Crippen molar-refractivity contribution < 1.29 is 9.18 Å². The lowest BCUT2D eigenvalue weighted by molar-refractivity contribution is 0.102. The minimum absolute atomic E-state index is 0.0250. The molecule has 0 saturated carbocycles. The minimum atomic E-state index is -0.379. The molecule has 0 radical (unpaired) electrons. The zero-order valence-corrected chi connectivity index (χ0v) is 15.4. The molecule has 0 aliphatic carbocycles. The van der Waals surface area contributed by atoms with Gasteiger partial charge in [0, 0.05) is 11.6 Å². The number of benzene rings is 2. The number of hydrogen-bond donors (Lipinski definition) is 0. The highest BCUT2D eigenvalue weighted by molar-refractivity contribution is 7.99. The smallest absolute Gasteiger partial charge is 0.262 e. The van der Waals surface area contributed by atoms with Gasteiger partial charge in [-0.25, -0.2) is 9.37 Å². The van der Waals surface area contributed by atoms with E-state index in [-0.39, 0.29) is 29.0 Å². The van der Waals surface area contributed by atoms with E-state index in [0.717, 1.165) is 6.42 Å². The van der Waals surface area contributed by atoms with E-state index < -0.39 is 0 Å². The van der Waals surface area contributed by atoms with Crippen molar-refractivity contribution in [2.45, 2.75) is 31.5 Å². The molecule has 26 heavy (non-hydrogen) atoms. The minimum Gasteiger partial charge on any atom is -0.293 e. The SMILES string of the molecule is CC[C@H](C)n1c(SCC(=O)c2ccc(F)cc2)nc2ccccc2c1=O. The average Bonchev–Trinajstić information content (AvgIpc) is 2.66. The molecule has 0 unspecified atom stereocenters. The lowest BCUT2D eigenvalue weighted by Gasteiger charge is -2.18. The highest BCUT2D eigenvalue weighted by Crippen LogP contribution is 2.23. The Labute approximate surface area is 155 Å². The van der Waals surface area contributed by atoms with Gasteiger partial charge in [0.1, 0.15) is 5.82 Å². The van der Waals surface area contributed by atoms with E-state index in [4.69, 9.17) is 0 Å². The molecule has 3 aromatic rings. The van der Waals surface area contributed by atoms with Gasteiger partial charge < -0.3 is 0 Å². The Hall–Kier alpha value is -2.47. The number of ketones is 1. The maximum atomic E-state index is 13.0.